The average molecular weight is 315 g/mol. The minimum Gasteiger partial charge on any atom is -0.380 e. The van der Waals surface area contributed by atoms with Gasteiger partial charge in [0.2, 0.25) is 0 Å². The summed E-state index contributed by atoms with van der Waals surface area (Å²) in [6, 6.07) is 3.61. The van der Waals surface area contributed by atoms with E-state index in [0.29, 0.717) is 4.47 Å². The van der Waals surface area contributed by atoms with Gasteiger partial charge in [0.25, 0.3) is 0 Å². The summed E-state index contributed by atoms with van der Waals surface area (Å²) < 4.78 is 0.507. The number of aromatic nitrogens is 2. The van der Waals surface area contributed by atoms with Crippen LogP contribution in [0.1, 0.15) is 15.4 Å². The molecule has 6 nitrogen and oxygen atoms in total. The molecule has 0 unspecified atom stereocenters. The number of oxime groups is 1. The molecule has 0 fully saturated rings. The van der Waals surface area contributed by atoms with Gasteiger partial charge in [-0.25, -0.2) is 4.79 Å². The van der Waals surface area contributed by atoms with Crippen LogP contribution in [0, 0.1) is 0 Å². The number of hydrogen-bond acceptors (Lipinski definition) is 5. The van der Waals surface area contributed by atoms with E-state index >= 15 is 0 Å². The molecule has 0 atom stereocenters. The summed E-state index contributed by atoms with van der Waals surface area (Å²) in [6.45, 7) is 0. The van der Waals surface area contributed by atoms with Gasteiger partial charge in [0.1, 0.15) is 0 Å². The van der Waals surface area contributed by atoms with Crippen molar-refractivity contribution in [2.24, 2.45) is 10.9 Å². The molecule has 0 radical (unpaired) electrons. The number of nitrogens with one attached hydrogen (secondary N) is 1. The highest BCUT2D eigenvalue weighted by molar-refractivity contribution is 9.10. The van der Waals surface area contributed by atoms with Crippen LogP contribution in [0.4, 0.5) is 0 Å². The Kier molecular flexibility index (Phi) is 3.55. The molecule has 0 bridgehead atoms. The molecular formula is C9H7BrN4O2S. The van der Waals surface area contributed by atoms with Gasteiger partial charge < -0.3 is 10.6 Å². The number of thiophene rings is 1. The van der Waals surface area contributed by atoms with Crippen LogP contribution >= 0.6 is 27.3 Å². The van der Waals surface area contributed by atoms with Crippen molar-refractivity contribution in [3.05, 3.63) is 38.8 Å². The van der Waals surface area contributed by atoms with Crippen molar-refractivity contribution in [1.29, 1.82) is 0 Å². The molecule has 2 heterocycles. The van der Waals surface area contributed by atoms with E-state index in [1.807, 2.05) is 11.4 Å². The third-order valence-corrected chi connectivity index (χ3v) is 3.29. The van der Waals surface area contributed by atoms with E-state index in [1.165, 1.54) is 17.5 Å². The van der Waals surface area contributed by atoms with Gasteiger partial charge in [-0.1, -0.05) is 11.2 Å². The largest absolute Gasteiger partial charge is 0.384 e. The molecule has 0 saturated heterocycles. The molecule has 2 aromatic rings. The van der Waals surface area contributed by atoms with E-state index < -0.39 is 5.97 Å². The molecule has 0 saturated carbocycles. The number of carbonyl (C=O) groups is 1. The second-order valence-electron chi connectivity index (χ2n) is 2.93. The molecule has 3 N–H and O–H groups in total. The molecule has 8 heteroatoms. The molecule has 0 amide bonds. The number of aromatic amines is 1. The zero-order valence-corrected chi connectivity index (χ0v) is 10.8. The molecule has 2 rings (SSSR count). The van der Waals surface area contributed by atoms with Gasteiger partial charge in [-0.3, -0.25) is 5.10 Å². The van der Waals surface area contributed by atoms with Crippen molar-refractivity contribution in [1.82, 2.24) is 10.2 Å². The van der Waals surface area contributed by atoms with Gasteiger partial charge >= 0.3 is 5.97 Å². The van der Waals surface area contributed by atoms with Gasteiger partial charge in [0.15, 0.2) is 11.5 Å². The second kappa shape index (κ2) is 5.11. The lowest BCUT2D eigenvalue weighted by molar-refractivity contribution is 0.0508. The lowest BCUT2D eigenvalue weighted by atomic mass is 10.4. The summed E-state index contributed by atoms with van der Waals surface area (Å²) in [7, 11) is 0. The van der Waals surface area contributed by atoms with E-state index in [4.69, 9.17) is 5.73 Å². The highest BCUT2D eigenvalue weighted by Crippen LogP contribution is 2.14. The van der Waals surface area contributed by atoms with E-state index in [-0.39, 0.29) is 11.5 Å². The lowest BCUT2D eigenvalue weighted by Gasteiger charge is -1.97. The van der Waals surface area contributed by atoms with Crippen molar-refractivity contribution < 1.29 is 9.63 Å². The van der Waals surface area contributed by atoms with Gasteiger partial charge in [-0.2, -0.15) is 5.10 Å². The van der Waals surface area contributed by atoms with Gasteiger partial charge in [-0.15, -0.1) is 11.3 Å². The molecule has 0 aliphatic carbocycles. The number of nitrogens with zero attached hydrogens (tertiary/aromatic N) is 2. The minimum atomic E-state index is -0.658. The monoisotopic (exact) mass is 314 g/mol. The van der Waals surface area contributed by atoms with Crippen LogP contribution in [0.3, 0.4) is 0 Å². The van der Waals surface area contributed by atoms with Crippen LogP contribution in [-0.4, -0.2) is 22.0 Å². The molecular weight excluding hydrogens is 308 g/mol. The van der Waals surface area contributed by atoms with Crippen molar-refractivity contribution in [2.75, 3.05) is 0 Å². The molecule has 0 spiro atoms. The molecule has 88 valence electrons. The summed E-state index contributed by atoms with van der Waals surface area (Å²) in [4.78, 5) is 16.9. The highest BCUT2D eigenvalue weighted by Gasteiger charge is 2.14. The standard InChI is InChI=1S/C9H7BrN4O2S/c10-5-4-12-13-7(5)9(15)16-14-8(11)6-2-1-3-17-6/h1-4H,(H2,11,14)(H,12,13). The van der Waals surface area contributed by atoms with Crippen LogP contribution in [0.15, 0.2) is 33.3 Å². The van der Waals surface area contributed by atoms with E-state index in [1.54, 1.807) is 6.07 Å². The Labute approximate surface area is 109 Å². The van der Waals surface area contributed by atoms with Crippen LogP contribution < -0.4 is 5.73 Å². The molecule has 0 aliphatic rings. The number of halogens is 1. The normalized spacial score (nSPS) is 11.5. The van der Waals surface area contributed by atoms with Crippen LogP contribution in [0.25, 0.3) is 0 Å². The molecule has 0 aliphatic heterocycles. The Bertz CT molecular complexity index is 549. The Morgan fingerprint density at radius 2 is 2.47 bits per heavy atom. The van der Waals surface area contributed by atoms with Crippen molar-refractivity contribution in [3.8, 4) is 0 Å². The Morgan fingerprint density at radius 1 is 1.65 bits per heavy atom. The first-order chi connectivity index (χ1) is 8.18. The van der Waals surface area contributed by atoms with Gasteiger partial charge in [0, 0.05) is 0 Å². The summed E-state index contributed by atoms with van der Waals surface area (Å²) in [5.41, 5.74) is 5.81. The van der Waals surface area contributed by atoms with Gasteiger partial charge in [-0.05, 0) is 27.4 Å². The Morgan fingerprint density at radius 3 is 3.06 bits per heavy atom. The molecule has 2 aromatic heterocycles. The van der Waals surface area contributed by atoms with Crippen molar-refractivity contribution >= 4 is 39.1 Å². The second-order valence-corrected chi connectivity index (χ2v) is 4.73. The summed E-state index contributed by atoms with van der Waals surface area (Å²) in [5.74, 6) is -0.502. The molecule has 17 heavy (non-hydrogen) atoms. The third-order valence-electron chi connectivity index (χ3n) is 1.80. The predicted octanol–water partition coefficient (Wildman–Crippen LogP) is 1.71. The number of H-pyrrole nitrogens is 1. The first-order valence-electron chi connectivity index (χ1n) is 4.46. The number of nitrogens with two attached hydrogens (primary N) is 1. The summed E-state index contributed by atoms with van der Waals surface area (Å²) >= 11 is 4.55. The quantitative estimate of drug-likeness (QED) is 0.390. The zero-order valence-electron chi connectivity index (χ0n) is 8.38. The number of rotatable bonds is 3. The summed E-state index contributed by atoms with van der Waals surface area (Å²) in [6.07, 6.45) is 1.45. The zero-order chi connectivity index (χ0) is 12.3. The fourth-order valence-electron chi connectivity index (χ4n) is 1.02. The smallest absolute Gasteiger partial charge is 0.380 e. The Hall–Kier alpha value is -1.67. The summed E-state index contributed by atoms with van der Waals surface area (Å²) in [5, 5.41) is 11.6. The number of amidine groups is 1. The minimum absolute atomic E-state index is 0.156. The first kappa shape index (κ1) is 11.8. The maximum atomic E-state index is 11.5. The number of carbonyl (C=O) groups excluding carboxylic acids is 1. The average Bonchev–Trinajstić information content (AvgIpc) is 2.95. The lowest BCUT2D eigenvalue weighted by Crippen LogP contribution is -2.14. The van der Waals surface area contributed by atoms with E-state index in [9.17, 15) is 4.79 Å². The highest BCUT2D eigenvalue weighted by atomic mass is 79.9. The van der Waals surface area contributed by atoms with Crippen LogP contribution in [-0.2, 0) is 4.84 Å². The predicted molar refractivity (Wildman–Crippen MR) is 66.7 cm³/mol. The fourth-order valence-corrected chi connectivity index (χ4v) is 1.99. The number of hydrogen-bond donors (Lipinski definition) is 2. The van der Waals surface area contributed by atoms with Crippen LogP contribution in [0.2, 0.25) is 0 Å². The maximum Gasteiger partial charge on any atom is 0.384 e. The topological polar surface area (TPSA) is 93.4 Å². The van der Waals surface area contributed by atoms with Crippen molar-refractivity contribution in [2.45, 2.75) is 0 Å². The SMILES string of the molecule is N/C(=N\OC(=O)c1[nH]ncc1Br)c1cccs1. The van der Waals surface area contributed by atoms with E-state index in [2.05, 4.69) is 36.1 Å². The third kappa shape index (κ3) is 2.71. The van der Waals surface area contributed by atoms with E-state index in [0.717, 1.165) is 4.88 Å². The van der Waals surface area contributed by atoms with Crippen molar-refractivity contribution in [3.63, 3.8) is 0 Å². The maximum absolute atomic E-state index is 11.5. The first-order valence-corrected chi connectivity index (χ1v) is 6.13. The van der Waals surface area contributed by atoms with Crippen LogP contribution in [0.5, 0.6) is 0 Å². The Balaban J connectivity index is 2.06. The van der Waals surface area contributed by atoms with Gasteiger partial charge in [0.05, 0.1) is 15.5 Å². The molecule has 0 aromatic carbocycles. The fraction of sp³-hybridized carbons (Fsp3) is 0.